The molecule has 9 heteroatoms. The Kier molecular flexibility index (Phi) is 6.16. The molecule has 1 aliphatic heterocycles. The van der Waals surface area contributed by atoms with E-state index in [1.54, 1.807) is 35.2 Å². The minimum atomic E-state index is -3.78. The third-order valence-corrected chi connectivity index (χ3v) is 8.57. The van der Waals surface area contributed by atoms with Crippen molar-refractivity contribution in [2.24, 2.45) is 0 Å². The molecule has 1 N–H and O–H groups in total. The second kappa shape index (κ2) is 9.25. The summed E-state index contributed by atoms with van der Waals surface area (Å²) >= 11 is 1.32. The van der Waals surface area contributed by atoms with Crippen molar-refractivity contribution >= 4 is 38.7 Å². The fourth-order valence-electron chi connectivity index (χ4n) is 4.20. The van der Waals surface area contributed by atoms with E-state index in [-0.39, 0.29) is 23.1 Å². The van der Waals surface area contributed by atoms with Crippen molar-refractivity contribution in [2.45, 2.75) is 23.1 Å². The number of aromatic nitrogens is 2. The summed E-state index contributed by atoms with van der Waals surface area (Å²) in [5.74, 6) is 0.0164. The zero-order valence-corrected chi connectivity index (χ0v) is 20.2. The molecule has 0 unspecified atom stereocenters. The molecule has 0 bridgehead atoms. The third kappa shape index (κ3) is 4.34. The zero-order valence-electron chi connectivity index (χ0n) is 18.6. The lowest BCUT2D eigenvalue weighted by Gasteiger charge is -2.30. The summed E-state index contributed by atoms with van der Waals surface area (Å²) in [6.07, 6.45) is -0.696. The quantitative estimate of drug-likeness (QED) is 0.408. The van der Waals surface area contributed by atoms with Crippen LogP contribution in [0.25, 0.3) is 11.0 Å². The number of nitrogens with one attached hydrogen (secondary N) is 1. The van der Waals surface area contributed by atoms with Crippen molar-refractivity contribution in [1.29, 1.82) is 0 Å². The van der Waals surface area contributed by atoms with Crippen molar-refractivity contribution in [3.63, 3.8) is 0 Å². The van der Waals surface area contributed by atoms with Gasteiger partial charge in [-0.1, -0.05) is 66.4 Å². The molecule has 7 nitrogen and oxygen atoms in total. The number of rotatable bonds is 6. The molecular formula is C25H24N4O3S2. The highest BCUT2D eigenvalue weighted by atomic mass is 32.2. The second-order valence-corrected chi connectivity index (χ2v) is 11.0. The van der Waals surface area contributed by atoms with Crippen LogP contribution in [-0.2, 0) is 14.8 Å². The Hall–Kier alpha value is -3.14. The van der Waals surface area contributed by atoms with Crippen LogP contribution in [-0.4, -0.2) is 52.3 Å². The summed E-state index contributed by atoms with van der Waals surface area (Å²) in [6.45, 7) is 2.57. The fraction of sp³-hybridized carbons (Fsp3) is 0.200. The Labute approximate surface area is 202 Å². The number of H-pyrrole nitrogens is 1. The van der Waals surface area contributed by atoms with Crippen LogP contribution in [0.15, 0.2) is 88.9 Å². The van der Waals surface area contributed by atoms with Gasteiger partial charge in [-0.25, -0.2) is 13.4 Å². The minimum Gasteiger partial charge on any atom is -0.333 e. The molecule has 1 aromatic heterocycles. The maximum absolute atomic E-state index is 13.5. The molecule has 1 atom stereocenters. The Morgan fingerprint density at radius 3 is 2.47 bits per heavy atom. The van der Waals surface area contributed by atoms with Crippen LogP contribution in [0.1, 0.15) is 17.3 Å². The lowest BCUT2D eigenvalue weighted by molar-refractivity contribution is -0.130. The van der Waals surface area contributed by atoms with Gasteiger partial charge in [0.05, 0.1) is 21.7 Å². The number of hydrogen-bond acceptors (Lipinski definition) is 5. The first kappa shape index (κ1) is 22.6. The van der Waals surface area contributed by atoms with Crippen molar-refractivity contribution in [3.05, 3.63) is 90.0 Å². The molecule has 1 aliphatic rings. The normalized spacial score (nSPS) is 16.9. The van der Waals surface area contributed by atoms with Gasteiger partial charge in [-0.15, -0.1) is 0 Å². The Bertz CT molecular complexity index is 1420. The van der Waals surface area contributed by atoms with Crippen LogP contribution in [0.3, 0.4) is 0 Å². The van der Waals surface area contributed by atoms with E-state index in [0.717, 1.165) is 22.2 Å². The van der Waals surface area contributed by atoms with Crippen LogP contribution < -0.4 is 0 Å². The molecule has 1 fully saturated rings. The molecule has 3 aromatic carbocycles. The third-order valence-electron chi connectivity index (χ3n) is 5.85. The fourth-order valence-corrected chi connectivity index (χ4v) is 6.56. The zero-order chi connectivity index (χ0) is 23.7. The van der Waals surface area contributed by atoms with Crippen LogP contribution >= 0.6 is 11.8 Å². The van der Waals surface area contributed by atoms with E-state index in [0.29, 0.717) is 11.7 Å². The maximum Gasteiger partial charge on any atom is 0.245 e. The first-order valence-electron chi connectivity index (χ1n) is 10.9. The highest BCUT2D eigenvalue weighted by molar-refractivity contribution is 7.99. The van der Waals surface area contributed by atoms with Gasteiger partial charge in [0.25, 0.3) is 0 Å². The van der Waals surface area contributed by atoms with Crippen LogP contribution in [0.5, 0.6) is 0 Å². The summed E-state index contributed by atoms with van der Waals surface area (Å²) in [5, 5.41) is 0.665. The average Bonchev–Trinajstić information content (AvgIpc) is 3.48. The summed E-state index contributed by atoms with van der Waals surface area (Å²) in [7, 11) is -3.78. The number of hydrogen-bond donors (Lipinski definition) is 1. The number of carbonyl (C=O) groups is 1. The van der Waals surface area contributed by atoms with Crippen LogP contribution in [0.2, 0.25) is 0 Å². The molecule has 34 heavy (non-hydrogen) atoms. The van der Waals surface area contributed by atoms with Gasteiger partial charge in [0.1, 0.15) is 6.17 Å². The standard InChI is InChI=1S/C25H24N4O3S2/c1-18-12-13-21-22(16-18)27-25(26-21)33-17-23(30)28-14-15-29(24(28)19-8-4-2-5-9-19)34(31,32)20-10-6-3-7-11-20/h2-13,16,24H,14-15,17H2,1H3,(H,26,27)/t24-/m0/s1. The number of amides is 1. The molecular weight excluding hydrogens is 468 g/mol. The van der Waals surface area contributed by atoms with Crippen molar-refractivity contribution in [2.75, 3.05) is 18.8 Å². The highest BCUT2D eigenvalue weighted by Gasteiger charge is 2.43. The number of imidazole rings is 1. The van der Waals surface area contributed by atoms with Crippen molar-refractivity contribution in [3.8, 4) is 0 Å². The number of aromatic amines is 1. The molecule has 2 heterocycles. The van der Waals surface area contributed by atoms with Gasteiger partial charge in [-0.05, 0) is 42.3 Å². The molecule has 0 saturated carbocycles. The molecule has 174 valence electrons. The molecule has 1 saturated heterocycles. The first-order chi connectivity index (χ1) is 16.4. The van der Waals surface area contributed by atoms with E-state index in [4.69, 9.17) is 0 Å². The van der Waals surface area contributed by atoms with Gasteiger partial charge in [-0.3, -0.25) is 4.79 Å². The smallest absolute Gasteiger partial charge is 0.245 e. The average molecular weight is 493 g/mol. The number of sulfonamides is 1. The topological polar surface area (TPSA) is 86.4 Å². The Morgan fingerprint density at radius 2 is 1.74 bits per heavy atom. The predicted molar refractivity (Wildman–Crippen MR) is 133 cm³/mol. The number of thioether (sulfide) groups is 1. The lowest BCUT2D eigenvalue weighted by atomic mass is 10.1. The molecule has 0 spiro atoms. The van der Waals surface area contributed by atoms with Crippen molar-refractivity contribution < 1.29 is 13.2 Å². The molecule has 1 amide bonds. The van der Waals surface area contributed by atoms with E-state index in [9.17, 15) is 13.2 Å². The summed E-state index contributed by atoms with van der Waals surface area (Å²) < 4.78 is 28.3. The number of aryl methyl sites for hydroxylation is 1. The van der Waals surface area contributed by atoms with Crippen molar-refractivity contribution in [1.82, 2.24) is 19.2 Å². The highest BCUT2D eigenvalue weighted by Crippen LogP contribution is 2.35. The van der Waals surface area contributed by atoms with E-state index in [2.05, 4.69) is 9.97 Å². The van der Waals surface area contributed by atoms with Gasteiger partial charge in [0.15, 0.2) is 5.16 Å². The summed E-state index contributed by atoms with van der Waals surface area (Å²) in [5.41, 5.74) is 3.67. The van der Waals surface area contributed by atoms with Gasteiger partial charge in [-0.2, -0.15) is 4.31 Å². The predicted octanol–water partition coefficient (Wildman–Crippen LogP) is 4.20. The van der Waals surface area contributed by atoms with Crippen LogP contribution in [0, 0.1) is 6.92 Å². The number of carbonyl (C=O) groups excluding carboxylic acids is 1. The van der Waals surface area contributed by atoms with Gasteiger partial charge < -0.3 is 9.88 Å². The summed E-state index contributed by atoms with van der Waals surface area (Å²) in [6, 6.07) is 23.6. The molecule has 0 radical (unpaired) electrons. The van der Waals surface area contributed by atoms with Gasteiger partial charge >= 0.3 is 0 Å². The van der Waals surface area contributed by atoms with E-state index >= 15 is 0 Å². The molecule has 5 rings (SSSR count). The minimum absolute atomic E-state index is 0.138. The van der Waals surface area contributed by atoms with Gasteiger partial charge in [0.2, 0.25) is 15.9 Å². The van der Waals surface area contributed by atoms with E-state index in [1.165, 1.54) is 16.1 Å². The Balaban J connectivity index is 1.40. The summed E-state index contributed by atoms with van der Waals surface area (Å²) in [4.78, 5) is 23.0. The number of fused-ring (bicyclic) bond motifs is 1. The molecule has 4 aromatic rings. The number of nitrogens with zero attached hydrogens (tertiary/aromatic N) is 3. The first-order valence-corrected chi connectivity index (χ1v) is 13.4. The second-order valence-electron chi connectivity index (χ2n) is 8.15. The Morgan fingerprint density at radius 1 is 1.03 bits per heavy atom. The number of benzene rings is 3. The maximum atomic E-state index is 13.5. The van der Waals surface area contributed by atoms with E-state index < -0.39 is 16.2 Å². The molecule has 0 aliphatic carbocycles. The van der Waals surface area contributed by atoms with E-state index in [1.807, 2.05) is 55.5 Å². The SMILES string of the molecule is Cc1ccc2nc(SCC(=O)N3CCN(S(=O)(=O)c4ccccc4)[C@H]3c3ccccc3)[nH]c2c1. The van der Waals surface area contributed by atoms with Crippen LogP contribution in [0.4, 0.5) is 0 Å². The lowest BCUT2D eigenvalue weighted by Crippen LogP contribution is -2.38. The van der Waals surface area contributed by atoms with Gasteiger partial charge in [0, 0.05) is 13.1 Å². The largest absolute Gasteiger partial charge is 0.333 e. The monoisotopic (exact) mass is 492 g/mol.